The van der Waals surface area contributed by atoms with E-state index in [4.69, 9.17) is 9.73 Å². The van der Waals surface area contributed by atoms with E-state index in [2.05, 4.69) is 48.1 Å². The highest BCUT2D eigenvalue weighted by Crippen LogP contribution is 2.22. The number of ether oxygens (including phenoxy) is 1. The standard InChI is InChI=1S/C20H41N5O.HI/c1-5-21-20(23-17(4)10-8-12-24(6-2)7-3)22-14-19-15-25-13-9-11-18(25)16-26-19;/h17-19H,5-16H2,1-4H3,(H2,21,22,23);1H. The van der Waals surface area contributed by atoms with Crippen LogP contribution in [0.4, 0.5) is 0 Å². The van der Waals surface area contributed by atoms with E-state index in [1.54, 1.807) is 0 Å². The number of rotatable bonds is 10. The van der Waals surface area contributed by atoms with Crippen LogP contribution in [0.15, 0.2) is 4.99 Å². The van der Waals surface area contributed by atoms with Gasteiger partial charge in [0.15, 0.2) is 5.96 Å². The molecule has 0 bridgehead atoms. The molecule has 3 atom stereocenters. The van der Waals surface area contributed by atoms with Crippen LogP contribution in [0.3, 0.4) is 0 Å². The number of hydrogen-bond acceptors (Lipinski definition) is 4. The maximum atomic E-state index is 6.03. The van der Waals surface area contributed by atoms with Gasteiger partial charge in [0, 0.05) is 25.2 Å². The molecule has 2 N–H and O–H groups in total. The average molecular weight is 495 g/mol. The van der Waals surface area contributed by atoms with E-state index in [0.717, 1.165) is 51.7 Å². The van der Waals surface area contributed by atoms with Crippen molar-refractivity contribution in [3.63, 3.8) is 0 Å². The summed E-state index contributed by atoms with van der Waals surface area (Å²) in [6.45, 7) is 17.1. The fourth-order valence-corrected chi connectivity index (χ4v) is 3.98. The summed E-state index contributed by atoms with van der Waals surface area (Å²) in [6.07, 6.45) is 5.23. The molecule has 0 spiro atoms. The minimum Gasteiger partial charge on any atom is -0.373 e. The summed E-state index contributed by atoms with van der Waals surface area (Å²) in [6, 6.07) is 1.09. The highest BCUT2D eigenvalue weighted by atomic mass is 127. The lowest BCUT2D eigenvalue weighted by atomic mass is 10.2. The third-order valence-electron chi connectivity index (χ3n) is 5.65. The van der Waals surface area contributed by atoms with Gasteiger partial charge in [0.2, 0.25) is 0 Å². The fraction of sp³-hybridized carbons (Fsp3) is 0.950. The van der Waals surface area contributed by atoms with Crippen LogP contribution < -0.4 is 10.6 Å². The van der Waals surface area contributed by atoms with Gasteiger partial charge in [0.25, 0.3) is 0 Å². The zero-order chi connectivity index (χ0) is 18.8. The zero-order valence-corrected chi connectivity index (χ0v) is 20.2. The Morgan fingerprint density at radius 2 is 2.07 bits per heavy atom. The number of guanidine groups is 1. The maximum Gasteiger partial charge on any atom is 0.191 e. The first kappa shape index (κ1) is 24.9. The largest absolute Gasteiger partial charge is 0.373 e. The topological polar surface area (TPSA) is 52.1 Å². The molecule has 0 saturated carbocycles. The molecule has 27 heavy (non-hydrogen) atoms. The Balaban J connectivity index is 0.00000364. The Bertz CT molecular complexity index is 419. The molecule has 160 valence electrons. The molecule has 3 unspecified atom stereocenters. The molecule has 0 radical (unpaired) electrons. The lowest BCUT2D eigenvalue weighted by Crippen LogP contribution is -2.48. The minimum atomic E-state index is 0. The predicted molar refractivity (Wildman–Crippen MR) is 125 cm³/mol. The fourth-order valence-electron chi connectivity index (χ4n) is 3.98. The van der Waals surface area contributed by atoms with Gasteiger partial charge in [-0.15, -0.1) is 24.0 Å². The number of halogens is 1. The van der Waals surface area contributed by atoms with Crippen LogP contribution in [0, 0.1) is 0 Å². The van der Waals surface area contributed by atoms with Crippen molar-refractivity contribution in [2.24, 2.45) is 4.99 Å². The molecule has 2 aliphatic heterocycles. The maximum absolute atomic E-state index is 6.03. The van der Waals surface area contributed by atoms with Crippen LogP contribution in [0.25, 0.3) is 0 Å². The number of hydrogen-bond donors (Lipinski definition) is 2. The van der Waals surface area contributed by atoms with Gasteiger partial charge in [-0.2, -0.15) is 0 Å². The van der Waals surface area contributed by atoms with E-state index >= 15 is 0 Å². The van der Waals surface area contributed by atoms with Crippen molar-refractivity contribution in [2.75, 3.05) is 52.4 Å². The lowest BCUT2D eigenvalue weighted by molar-refractivity contribution is -0.0432. The van der Waals surface area contributed by atoms with Gasteiger partial charge in [-0.25, -0.2) is 0 Å². The molecular weight excluding hydrogens is 453 g/mol. The second-order valence-corrected chi connectivity index (χ2v) is 7.68. The molecule has 2 rings (SSSR count). The molecule has 0 aromatic heterocycles. The quantitative estimate of drug-likeness (QED) is 0.277. The van der Waals surface area contributed by atoms with E-state index in [-0.39, 0.29) is 30.1 Å². The Kier molecular flexibility index (Phi) is 12.9. The van der Waals surface area contributed by atoms with Gasteiger partial charge in [0.05, 0.1) is 19.3 Å². The van der Waals surface area contributed by atoms with E-state index in [9.17, 15) is 0 Å². The molecule has 2 aliphatic rings. The first-order chi connectivity index (χ1) is 12.7. The monoisotopic (exact) mass is 495 g/mol. The van der Waals surface area contributed by atoms with Gasteiger partial charge >= 0.3 is 0 Å². The van der Waals surface area contributed by atoms with E-state index in [1.807, 2.05) is 0 Å². The molecule has 6 nitrogen and oxygen atoms in total. The number of morpholine rings is 1. The molecule has 0 aromatic rings. The van der Waals surface area contributed by atoms with E-state index < -0.39 is 0 Å². The summed E-state index contributed by atoms with van der Waals surface area (Å²) in [4.78, 5) is 9.87. The molecule has 2 saturated heterocycles. The van der Waals surface area contributed by atoms with Crippen LogP contribution in [-0.4, -0.2) is 86.4 Å². The van der Waals surface area contributed by atoms with Gasteiger partial charge in [-0.05, 0) is 65.7 Å². The highest BCUT2D eigenvalue weighted by Gasteiger charge is 2.32. The van der Waals surface area contributed by atoms with Crippen molar-refractivity contribution < 1.29 is 4.74 Å². The molecule has 7 heteroatoms. The Hall–Kier alpha value is -0.120. The first-order valence-corrected chi connectivity index (χ1v) is 10.8. The Morgan fingerprint density at radius 3 is 2.78 bits per heavy atom. The molecule has 0 aliphatic carbocycles. The smallest absolute Gasteiger partial charge is 0.191 e. The summed E-state index contributed by atoms with van der Waals surface area (Å²) in [5.74, 6) is 0.926. The molecule has 0 amide bonds. The predicted octanol–water partition coefficient (Wildman–Crippen LogP) is 2.53. The van der Waals surface area contributed by atoms with E-state index in [1.165, 1.54) is 32.4 Å². The van der Waals surface area contributed by atoms with Crippen LogP contribution in [-0.2, 0) is 4.74 Å². The van der Waals surface area contributed by atoms with Crippen molar-refractivity contribution in [1.82, 2.24) is 20.4 Å². The molecule has 2 fully saturated rings. The second-order valence-electron chi connectivity index (χ2n) is 7.68. The lowest BCUT2D eigenvalue weighted by Gasteiger charge is -2.34. The number of nitrogens with one attached hydrogen (secondary N) is 2. The normalized spacial score (nSPS) is 24.4. The van der Waals surface area contributed by atoms with Gasteiger partial charge < -0.3 is 20.3 Å². The van der Waals surface area contributed by atoms with Crippen molar-refractivity contribution in [3.8, 4) is 0 Å². The second kappa shape index (κ2) is 14.0. The van der Waals surface area contributed by atoms with Gasteiger partial charge in [-0.1, -0.05) is 13.8 Å². The zero-order valence-electron chi connectivity index (χ0n) is 17.9. The summed E-state index contributed by atoms with van der Waals surface area (Å²) in [5, 5.41) is 6.95. The summed E-state index contributed by atoms with van der Waals surface area (Å²) < 4.78 is 6.03. The van der Waals surface area contributed by atoms with Gasteiger partial charge in [0.1, 0.15) is 0 Å². The summed E-state index contributed by atoms with van der Waals surface area (Å²) in [7, 11) is 0. The first-order valence-electron chi connectivity index (χ1n) is 10.8. The number of nitrogens with zero attached hydrogens (tertiary/aromatic N) is 3. The van der Waals surface area contributed by atoms with Crippen LogP contribution in [0.5, 0.6) is 0 Å². The van der Waals surface area contributed by atoms with Crippen LogP contribution in [0.1, 0.15) is 53.4 Å². The van der Waals surface area contributed by atoms with Crippen LogP contribution >= 0.6 is 24.0 Å². The SMILES string of the molecule is CCNC(=NCC1CN2CCCC2CO1)NC(C)CCCN(CC)CC.I. The Labute approximate surface area is 183 Å². The number of aliphatic imine (C=N–C) groups is 1. The third-order valence-corrected chi connectivity index (χ3v) is 5.65. The van der Waals surface area contributed by atoms with Crippen molar-refractivity contribution in [1.29, 1.82) is 0 Å². The van der Waals surface area contributed by atoms with Gasteiger partial charge in [-0.3, -0.25) is 9.89 Å². The highest BCUT2D eigenvalue weighted by molar-refractivity contribution is 14.0. The molecule has 2 heterocycles. The van der Waals surface area contributed by atoms with Crippen molar-refractivity contribution in [2.45, 2.75) is 71.6 Å². The van der Waals surface area contributed by atoms with Crippen molar-refractivity contribution >= 4 is 29.9 Å². The molecule has 0 aromatic carbocycles. The average Bonchev–Trinajstić information content (AvgIpc) is 3.11. The number of fused-ring (bicyclic) bond motifs is 1. The molecular formula is C20H42IN5O. The summed E-state index contributed by atoms with van der Waals surface area (Å²) in [5.41, 5.74) is 0. The van der Waals surface area contributed by atoms with Crippen LogP contribution in [0.2, 0.25) is 0 Å². The minimum absolute atomic E-state index is 0. The van der Waals surface area contributed by atoms with E-state index in [0.29, 0.717) is 12.1 Å². The Morgan fingerprint density at radius 1 is 1.30 bits per heavy atom. The van der Waals surface area contributed by atoms with Crippen molar-refractivity contribution in [3.05, 3.63) is 0 Å². The third kappa shape index (κ3) is 8.83. The summed E-state index contributed by atoms with van der Waals surface area (Å²) >= 11 is 0.